The molecule has 0 aliphatic carbocycles. The van der Waals surface area contributed by atoms with Crippen molar-refractivity contribution in [1.82, 2.24) is 5.32 Å². The molecule has 1 aromatic rings. The molecular formula is C18H27NO. The summed E-state index contributed by atoms with van der Waals surface area (Å²) in [6.07, 6.45) is 6.84. The molecule has 0 atom stereocenters. The summed E-state index contributed by atoms with van der Waals surface area (Å²) in [5.41, 5.74) is 2.84. The smallest absolute Gasteiger partial charge is 0.119 e. The van der Waals surface area contributed by atoms with Gasteiger partial charge in [-0.25, -0.2) is 0 Å². The van der Waals surface area contributed by atoms with Gasteiger partial charge in [0.15, 0.2) is 0 Å². The molecule has 0 unspecified atom stereocenters. The van der Waals surface area contributed by atoms with Gasteiger partial charge in [0.2, 0.25) is 0 Å². The van der Waals surface area contributed by atoms with Gasteiger partial charge >= 0.3 is 0 Å². The van der Waals surface area contributed by atoms with Crippen molar-refractivity contribution in [2.75, 3.05) is 19.7 Å². The molecule has 0 aromatic heterocycles. The topological polar surface area (TPSA) is 21.3 Å². The highest BCUT2D eigenvalue weighted by Gasteiger charge is 1.92. The lowest BCUT2D eigenvalue weighted by Gasteiger charge is -2.06. The zero-order valence-electron chi connectivity index (χ0n) is 13.0. The highest BCUT2D eigenvalue weighted by atomic mass is 16.5. The molecule has 0 aliphatic rings. The number of ether oxygens (including phenoxy) is 1. The van der Waals surface area contributed by atoms with Gasteiger partial charge in [0, 0.05) is 13.1 Å². The van der Waals surface area contributed by atoms with Crippen molar-refractivity contribution in [2.45, 2.75) is 33.6 Å². The van der Waals surface area contributed by atoms with E-state index >= 15 is 0 Å². The van der Waals surface area contributed by atoms with Crippen LogP contribution in [-0.4, -0.2) is 19.7 Å². The Morgan fingerprint density at radius 3 is 2.55 bits per heavy atom. The Hall–Kier alpha value is -1.54. The maximum atomic E-state index is 5.61. The Labute approximate surface area is 123 Å². The first-order valence-electron chi connectivity index (χ1n) is 7.36. The predicted molar refractivity (Wildman–Crippen MR) is 87.2 cm³/mol. The molecule has 0 saturated carbocycles. The second-order valence-corrected chi connectivity index (χ2v) is 5.24. The maximum Gasteiger partial charge on any atom is 0.119 e. The molecule has 2 heteroatoms. The average Bonchev–Trinajstić information content (AvgIpc) is 2.43. The molecule has 0 fully saturated rings. The molecule has 1 rings (SSSR count). The number of nitrogens with one attached hydrogen (secondary N) is 1. The Balaban J connectivity index is 2.05. The molecule has 0 heterocycles. The van der Waals surface area contributed by atoms with E-state index in [-0.39, 0.29) is 0 Å². The summed E-state index contributed by atoms with van der Waals surface area (Å²) >= 11 is 0. The number of benzene rings is 1. The summed E-state index contributed by atoms with van der Waals surface area (Å²) < 4.78 is 5.61. The summed E-state index contributed by atoms with van der Waals surface area (Å²) in [5.74, 6) is 0.933. The Morgan fingerprint density at radius 1 is 1.10 bits per heavy atom. The first kappa shape index (κ1) is 16.5. The highest BCUT2D eigenvalue weighted by molar-refractivity contribution is 5.20. The predicted octanol–water partition coefficient (Wildman–Crippen LogP) is 4.35. The fourth-order valence-electron chi connectivity index (χ4n) is 1.80. The summed E-state index contributed by atoms with van der Waals surface area (Å²) in [6.45, 7) is 8.97. The quantitative estimate of drug-likeness (QED) is 0.533. The van der Waals surface area contributed by atoms with Crippen LogP contribution in [0.5, 0.6) is 5.75 Å². The summed E-state index contributed by atoms with van der Waals surface area (Å²) in [4.78, 5) is 0. The van der Waals surface area contributed by atoms with Crippen LogP contribution in [-0.2, 0) is 0 Å². The molecule has 0 saturated heterocycles. The van der Waals surface area contributed by atoms with E-state index in [4.69, 9.17) is 4.74 Å². The lowest BCUT2D eigenvalue weighted by molar-refractivity contribution is 0.316. The molecule has 0 amide bonds. The van der Waals surface area contributed by atoms with Crippen molar-refractivity contribution in [1.29, 1.82) is 0 Å². The SMILES string of the molecule is CC(C)=CCC/C(C)=C/CNCCOc1ccccc1. The zero-order valence-corrected chi connectivity index (χ0v) is 13.0. The molecule has 2 nitrogen and oxygen atoms in total. The van der Waals surface area contributed by atoms with Gasteiger partial charge in [-0.1, -0.05) is 41.5 Å². The lowest BCUT2D eigenvalue weighted by atomic mass is 10.1. The number of allylic oxidation sites excluding steroid dienone is 3. The van der Waals surface area contributed by atoms with Crippen LogP contribution >= 0.6 is 0 Å². The van der Waals surface area contributed by atoms with Gasteiger partial charge in [0.25, 0.3) is 0 Å². The van der Waals surface area contributed by atoms with Crippen LogP contribution in [0.2, 0.25) is 0 Å². The first-order valence-corrected chi connectivity index (χ1v) is 7.36. The van der Waals surface area contributed by atoms with Crippen molar-refractivity contribution in [3.05, 3.63) is 53.6 Å². The molecular weight excluding hydrogens is 246 g/mol. The van der Waals surface area contributed by atoms with Crippen LogP contribution < -0.4 is 10.1 Å². The van der Waals surface area contributed by atoms with Crippen LogP contribution in [0.3, 0.4) is 0 Å². The minimum Gasteiger partial charge on any atom is -0.492 e. The number of rotatable bonds is 9. The highest BCUT2D eigenvalue weighted by Crippen LogP contribution is 2.07. The minimum atomic E-state index is 0.703. The van der Waals surface area contributed by atoms with Gasteiger partial charge in [0.1, 0.15) is 12.4 Å². The largest absolute Gasteiger partial charge is 0.492 e. The maximum absolute atomic E-state index is 5.61. The van der Waals surface area contributed by atoms with Crippen LogP contribution in [0.4, 0.5) is 0 Å². The molecule has 0 radical (unpaired) electrons. The van der Waals surface area contributed by atoms with Gasteiger partial charge < -0.3 is 10.1 Å². The van der Waals surface area contributed by atoms with Gasteiger partial charge in [-0.2, -0.15) is 0 Å². The molecule has 0 spiro atoms. The summed E-state index contributed by atoms with van der Waals surface area (Å²) in [6, 6.07) is 9.93. The molecule has 20 heavy (non-hydrogen) atoms. The number of para-hydroxylation sites is 1. The molecule has 0 bridgehead atoms. The molecule has 1 N–H and O–H groups in total. The molecule has 110 valence electrons. The van der Waals surface area contributed by atoms with E-state index in [1.807, 2.05) is 30.3 Å². The Morgan fingerprint density at radius 2 is 1.85 bits per heavy atom. The monoisotopic (exact) mass is 273 g/mol. The number of hydrogen-bond donors (Lipinski definition) is 1. The van der Waals surface area contributed by atoms with Gasteiger partial charge in [-0.3, -0.25) is 0 Å². The van der Waals surface area contributed by atoms with Crippen LogP contribution in [0.15, 0.2) is 53.6 Å². The Kier molecular flexibility index (Phi) is 8.48. The molecule has 1 aromatic carbocycles. The van der Waals surface area contributed by atoms with Crippen molar-refractivity contribution in [3.63, 3.8) is 0 Å². The Bertz CT molecular complexity index is 416. The normalized spacial score (nSPS) is 11.2. The average molecular weight is 273 g/mol. The van der Waals surface area contributed by atoms with E-state index in [0.29, 0.717) is 6.61 Å². The van der Waals surface area contributed by atoms with E-state index in [1.165, 1.54) is 11.1 Å². The van der Waals surface area contributed by atoms with Gasteiger partial charge in [-0.05, 0) is 45.7 Å². The van der Waals surface area contributed by atoms with E-state index in [2.05, 4.69) is 38.2 Å². The zero-order chi connectivity index (χ0) is 14.6. The second-order valence-electron chi connectivity index (χ2n) is 5.24. The van der Waals surface area contributed by atoms with Gasteiger partial charge in [0.05, 0.1) is 0 Å². The van der Waals surface area contributed by atoms with Crippen molar-refractivity contribution in [2.24, 2.45) is 0 Å². The number of hydrogen-bond acceptors (Lipinski definition) is 2. The second kappa shape index (κ2) is 10.3. The van der Waals surface area contributed by atoms with Crippen LogP contribution in [0.25, 0.3) is 0 Å². The van der Waals surface area contributed by atoms with E-state index in [0.717, 1.165) is 31.7 Å². The van der Waals surface area contributed by atoms with E-state index < -0.39 is 0 Å². The van der Waals surface area contributed by atoms with Gasteiger partial charge in [-0.15, -0.1) is 0 Å². The summed E-state index contributed by atoms with van der Waals surface area (Å²) in [5, 5.41) is 3.37. The van der Waals surface area contributed by atoms with Crippen molar-refractivity contribution >= 4 is 0 Å². The molecule has 0 aliphatic heterocycles. The van der Waals surface area contributed by atoms with E-state index in [1.54, 1.807) is 0 Å². The van der Waals surface area contributed by atoms with E-state index in [9.17, 15) is 0 Å². The fourth-order valence-corrected chi connectivity index (χ4v) is 1.80. The first-order chi connectivity index (χ1) is 9.68. The fraction of sp³-hybridized carbons (Fsp3) is 0.444. The van der Waals surface area contributed by atoms with Crippen molar-refractivity contribution < 1.29 is 4.74 Å². The third-order valence-corrected chi connectivity index (χ3v) is 2.98. The van der Waals surface area contributed by atoms with Crippen LogP contribution in [0.1, 0.15) is 33.6 Å². The minimum absolute atomic E-state index is 0.703. The van der Waals surface area contributed by atoms with Crippen LogP contribution in [0, 0.1) is 0 Å². The third kappa shape index (κ3) is 8.54. The standard InChI is InChI=1S/C18H27NO/c1-16(2)8-7-9-17(3)12-13-19-14-15-20-18-10-5-4-6-11-18/h4-6,8,10-12,19H,7,9,13-15H2,1-3H3/b17-12+. The summed E-state index contributed by atoms with van der Waals surface area (Å²) in [7, 11) is 0. The lowest BCUT2D eigenvalue weighted by Crippen LogP contribution is -2.21. The third-order valence-electron chi connectivity index (χ3n) is 2.98. The van der Waals surface area contributed by atoms with Crippen molar-refractivity contribution in [3.8, 4) is 5.75 Å².